The van der Waals surface area contributed by atoms with Crippen molar-refractivity contribution in [1.82, 2.24) is 4.72 Å². The average molecular weight is 392 g/mol. The summed E-state index contributed by atoms with van der Waals surface area (Å²) < 4.78 is 32.7. The minimum Gasteiger partial charge on any atom is -0.464 e. The highest BCUT2D eigenvalue weighted by Crippen LogP contribution is 2.24. The molecule has 3 aromatic rings. The lowest BCUT2D eigenvalue weighted by Crippen LogP contribution is -2.29. The van der Waals surface area contributed by atoms with Gasteiger partial charge in [-0.3, -0.25) is 0 Å². The quantitative estimate of drug-likeness (QED) is 0.667. The second-order valence-corrected chi connectivity index (χ2v) is 7.97. The van der Waals surface area contributed by atoms with Crippen LogP contribution >= 0.6 is 11.6 Å². The minimum atomic E-state index is -3.77. The van der Waals surface area contributed by atoms with E-state index in [-0.39, 0.29) is 11.4 Å². The van der Waals surface area contributed by atoms with Crippen LogP contribution in [0, 0.1) is 6.92 Å². The van der Waals surface area contributed by atoms with E-state index < -0.39 is 16.1 Å². The van der Waals surface area contributed by atoms with Gasteiger partial charge in [0.25, 0.3) is 0 Å². The van der Waals surface area contributed by atoms with Gasteiger partial charge in [-0.05, 0) is 42.3 Å². The maximum absolute atomic E-state index is 12.5. The van der Waals surface area contributed by atoms with Crippen molar-refractivity contribution in [2.75, 3.05) is 6.54 Å². The van der Waals surface area contributed by atoms with Crippen molar-refractivity contribution in [1.29, 1.82) is 0 Å². The van der Waals surface area contributed by atoms with Gasteiger partial charge in [0.05, 0.1) is 17.3 Å². The summed E-state index contributed by atoms with van der Waals surface area (Å²) in [5.74, 6) is 0.725. The number of hydrogen-bond acceptors (Lipinski definition) is 4. The van der Waals surface area contributed by atoms with Crippen LogP contribution in [0.5, 0.6) is 0 Å². The summed E-state index contributed by atoms with van der Waals surface area (Å²) in [4.78, 5) is 0.102. The smallest absolute Gasteiger partial charge is 0.240 e. The van der Waals surface area contributed by atoms with Gasteiger partial charge in [-0.2, -0.15) is 0 Å². The first-order valence-corrected chi connectivity index (χ1v) is 9.81. The van der Waals surface area contributed by atoms with E-state index in [0.717, 1.165) is 11.3 Å². The minimum absolute atomic E-state index is 0.102. The molecule has 1 atom stereocenters. The van der Waals surface area contributed by atoms with Crippen LogP contribution in [-0.2, 0) is 10.0 Å². The van der Waals surface area contributed by atoms with Crippen LogP contribution in [0.15, 0.2) is 70.2 Å². The Morgan fingerprint density at radius 3 is 2.50 bits per heavy atom. The standard InChI is InChI=1S/C19H18ClNO4S/c1-13-16(20)4-2-6-19(13)26(23,24)21-12-17(22)14-7-9-15(10-8-14)18-5-3-11-25-18/h2-11,17,21-22H,12H2,1H3. The van der Waals surface area contributed by atoms with Gasteiger partial charge in [-0.25, -0.2) is 13.1 Å². The van der Waals surface area contributed by atoms with Crippen LogP contribution in [0.25, 0.3) is 11.3 Å². The first kappa shape index (κ1) is 18.7. The number of rotatable bonds is 6. The highest BCUT2D eigenvalue weighted by Gasteiger charge is 2.19. The van der Waals surface area contributed by atoms with E-state index in [1.807, 2.05) is 18.2 Å². The topological polar surface area (TPSA) is 79.5 Å². The Kier molecular flexibility index (Phi) is 5.48. The number of halogens is 1. The van der Waals surface area contributed by atoms with Gasteiger partial charge < -0.3 is 9.52 Å². The molecule has 7 heteroatoms. The molecular weight excluding hydrogens is 374 g/mol. The second-order valence-electron chi connectivity index (χ2n) is 5.83. The zero-order chi connectivity index (χ0) is 18.7. The lowest BCUT2D eigenvalue weighted by molar-refractivity contribution is 0.182. The number of hydrogen-bond donors (Lipinski definition) is 2. The summed E-state index contributed by atoms with van der Waals surface area (Å²) in [5.41, 5.74) is 1.95. The first-order chi connectivity index (χ1) is 12.4. The van der Waals surface area contributed by atoms with Crippen LogP contribution in [0.3, 0.4) is 0 Å². The number of sulfonamides is 1. The van der Waals surface area contributed by atoms with Gasteiger partial charge >= 0.3 is 0 Å². The van der Waals surface area contributed by atoms with Crippen LogP contribution < -0.4 is 4.72 Å². The fourth-order valence-corrected chi connectivity index (χ4v) is 4.11. The molecule has 1 aromatic heterocycles. The van der Waals surface area contributed by atoms with Crippen molar-refractivity contribution in [2.45, 2.75) is 17.9 Å². The maximum Gasteiger partial charge on any atom is 0.240 e. The van der Waals surface area contributed by atoms with Crippen molar-refractivity contribution in [2.24, 2.45) is 0 Å². The maximum atomic E-state index is 12.5. The summed E-state index contributed by atoms with van der Waals surface area (Å²) in [6, 6.07) is 15.4. The summed E-state index contributed by atoms with van der Waals surface area (Å²) in [7, 11) is -3.77. The molecule has 5 nitrogen and oxygen atoms in total. The van der Waals surface area contributed by atoms with E-state index >= 15 is 0 Å². The average Bonchev–Trinajstić information content (AvgIpc) is 3.17. The van der Waals surface area contributed by atoms with E-state index in [0.29, 0.717) is 16.1 Å². The lowest BCUT2D eigenvalue weighted by atomic mass is 10.1. The SMILES string of the molecule is Cc1c(Cl)cccc1S(=O)(=O)NCC(O)c1ccc(-c2ccco2)cc1. The van der Waals surface area contributed by atoms with Crippen LogP contribution in [0.1, 0.15) is 17.2 Å². The summed E-state index contributed by atoms with van der Waals surface area (Å²) in [6.07, 6.45) is 0.611. The highest BCUT2D eigenvalue weighted by molar-refractivity contribution is 7.89. The van der Waals surface area contributed by atoms with E-state index in [1.54, 1.807) is 43.5 Å². The van der Waals surface area contributed by atoms with Gasteiger partial charge in [0.2, 0.25) is 10.0 Å². The number of aliphatic hydroxyl groups is 1. The van der Waals surface area contributed by atoms with E-state index in [1.165, 1.54) is 6.07 Å². The molecule has 0 fully saturated rings. The van der Waals surface area contributed by atoms with Crippen LogP contribution in [0.4, 0.5) is 0 Å². The van der Waals surface area contributed by atoms with E-state index in [4.69, 9.17) is 16.0 Å². The van der Waals surface area contributed by atoms with Gasteiger partial charge in [-0.1, -0.05) is 41.9 Å². The van der Waals surface area contributed by atoms with Crippen LogP contribution in [-0.4, -0.2) is 20.1 Å². The fourth-order valence-electron chi connectivity index (χ4n) is 2.58. The molecule has 136 valence electrons. The van der Waals surface area contributed by atoms with Crippen molar-refractivity contribution in [3.8, 4) is 11.3 Å². The second kappa shape index (κ2) is 7.63. The third-order valence-corrected chi connectivity index (χ3v) is 6.05. The number of aliphatic hydroxyl groups excluding tert-OH is 1. The van der Waals surface area contributed by atoms with Crippen molar-refractivity contribution in [3.05, 3.63) is 77.0 Å². The third-order valence-electron chi connectivity index (χ3n) is 4.08. The zero-order valence-electron chi connectivity index (χ0n) is 14.0. The lowest BCUT2D eigenvalue weighted by Gasteiger charge is -2.14. The van der Waals surface area contributed by atoms with Gasteiger partial charge in [0, 0.05) is 17.1 Å². The Balaban J connectivity index is 1.70. The van der Waals surface area contributed by atoms with E-state index in [2.05, 4.69) is 4.72 Å². The molecule has 0 aliphatic heterocycles. The van der Waals surface area contributed by atoms with Crippen molar-refractivity contribution >= 4 is 21.6 Å². The van der Waals surface area contributed by atoms with Crippen molar-refractivity contribution < 1.29 is 17.9 Å². The monoisotopic (exact) mass is 391 g/mol. The molecule has 26 heavy (non-hydrogen) atoms. The normalized spacial score (nSPS) is 12.9. The molecular formula is C19H18ClNO4S. The van der Waals surface area contributed by atoms with Crippen LogP contribution in [0.2, 0.25) is 5.02 Å². The molecule has 0 saturated heterocycles. The summed E-state index contributed by atoms with van der Waals surface area (Å²) in [6.45, 7) is 1.50. The summed E-state index contributed by atoms with van der Waals surface area (Å²) in [5, 5.41) is 10.7. The Bertz CT molecular complexity index is 983. The van der Waals surface area contributed by atoms with Gasteiger partial charge in [0.1, 0.15) is 5.76 Å². The summed E-state index contributed by atoms with van der Waals surface area (Å²) >= 11 is 5.99. The molecule has 0 amide bonds. The predicted molar refractivity (Wildman–Crippen MR) is 100 cm³/mol. The molecule has 0 aliphatic carbocycles. The zero-order valence-corrected chi connectivity index (χ0v) is 15.6. The Labute approximate surface area is 157 Å². The molecule has 0 saturated carbocycles. The Morgan fingerprint density at radius 2 is 1.85 bits per heavy atom. The fraction of sp³-hybridized carbons (Fsp3) is 0.158. The molecule has 0 bridgehead atoms. The predicted octanol–water partition coefficient (Wildman–Crippen LogP) is 3.92. The molecule has 3 rings (SSSR count). The number of furan rings is 1. The largest absolute Gasteiger partial charge is 0.464 e. The molecule has 2 aromatic carbocycles. The first-order valence-electron chi connectivity index (χ1n) is 7.95. The molecule has 1 heterocycles. The third kappa shape index (κ3) is 3.99. The Hall–Kier alpha value is -2.12. The van der Waals surface area contributed by atoms with Gasteiger partial charge in [0.15, 0.2) is 0 Å². The highest BCUT2D eigenvalue weighted by atomic mass is 35.5. The number of nitrogens with one attached hydrogen (secondary N) is 1. The molecule has 1 unspecified atom stereocenters. The molecule has 0 radical (unpaired) electrons. The van der Waals surface area contributed by atoms with E-state index in [9.17, 15) is 13.5 Å². The van der Waals surface area contributed by atoms with Gasteiger partial charge in [-0.15, -0.1) is 0 Å². The van der Waals surface area contributed by atoms with Crippen molar-refractivity contribution in [3.63, 3.8) is 0 Å². The Morgan fingerprint density at radius 1 is 1.12 bits per heavy atom. The molecule has 2 N–H and O–H groups in total. The molecule has 0 aliphatic rings. The molecule has 0 spiro atoms. The number of benzene rings is 2.